The molecule has 1 saturated carbocycles. The van der Waals surface area contributed by atoms with Crippen molar-refractivity contribution in [3.63, 3.8) is 0 Å². The highest BCUT2D eigenvalue weighted by Crippen LogP contribution is 2.38. The minimum Gasteiger partial charge on any atom is -0.362 e. The summed E-state index contributed by atoms with van der Waals surface area (Å²) in [6.07, 6.45) is 6.48. The molecular weight excluding hydrogens is 234 g/mol. The van der Waals surface area contributed by atoms with E-state index in [1.54, 1.807) is 0 Å². The summed E-state index contributed by atoms with van der Waals surface area (Å²) in [5, 5.41) is 12.9. The molecule has 1 aromatic carbocycles. The number of benzene rings is 1. The first-order valence-electron chi connectivity index (χ1n) is 7.33. The Labute approximate surface area is 115 Å². The zero-order valence-corrected chi connectivity index (χ0v) is 11.4. The molecule has 0 amide bonds. The van der Waals surface area contributed by atoms with E-state index in [1.165, 1.54) is 32.1 Å². The van der Waals surface area contributed by atoms with Gasteiger partial charge in [-0.15, -0.1) is 0 Å². The number of piperazine rings is 1. The molecule has 19 heavy (non-hydrogen) atoms. The number of hydrogen-bond acceptors (Lipinski definition) is 3. The van der Waals surface area contributed by atoms with Crippen LogP contribution < -0.4 is 10.2 Å². The average molecular weight is 255 g/mol. The highest BCUT2D eigenvalue weighted by Gasteiger charge is 2.40. The van der Waals surface area contributed by atoms with E-state index in [4.69, 9.17) is 0 Å². The van der Waals surface area contributed by atoms with Crippen LogP contribution in [0.15, 0.2) is 24.3 Å². The summed E-state index contributed by atoms with van der Waals surface area (Å²) in [5.41, 5.74) is 2.19. The number of nitriles is 1. The van der Waals surface area contributed by atoms with Crippen LogP contribution in [0.25, 0.3) is 0 Å². The zero-order valence-electron chi connectivity index (χ0n) is 11.4. The molecule has 0 radical (unpaired) electrons. The molecule has 0 bridgehead atoms. The Morgan fingerprint density at radius 1 is 1.16 bits per heavy atom. The average Bonchev–Trinajstić information content (AvgIpc) is 2.49. The molecule has 0 unspecified atom stereocenters. The molecular formula is C16H21N3. The van der Waals surface area contributed by atoms with Crippen molar-refractivity contribution < 1.29 is 0 Å². The van der Waals surface area contributed by atoms with E-state index in [2.05, 4.69) is 28.4 Å². The number of hydrogen-bond donors (Lipinski definition) is 1. The van der Waals surface area contributed by atoms with Crippen molar-refractivity contribution in [1.82, 2.24) is 5.32 Å². The molecule has 1 aliphatic carbocycles. The van der Waals surface area contributed by atoms with Crippen LogP contribution in [-0.2, 0) is 0 Å². The van der Waals surface area contributed by atoms with Gasteiger partial charge in [-0.25, -0.2) is 0 Å². The second-order valence-corrected chi connectivity index (χ2v) is 5.74. The number of nitrogens with one attached hydrogen (secondary N) is 1. The Bertz CT molecular complexity index is 475. The predicted molar refractivity (Wildman–Crippen MR) is 77.2 cm³/mol. The SMILES string of the molecule is N#Cc1ccccc1N1CCNCC12CCCCC2. The van der Waals surface area contributed by atoms with E-state index in [1.807, 2.05) is 12.1 Å². The summed E-state index contributed by atoms with van der Waals surface area (Å²) in [6.45, 7) is 3.09. The lowest BCUT2D eigenvalue weighted by atomic mass is 9.78. The van der Waals surface area contributed by atoms with Gasteiger partial charge in [-0.2, -0.15) is 5.26 Å². The number of para-hydroxylation sites is 1. The second-order valence-electron chi connectivity index (χ2n) is 5.74. The van der Waals surface area contributed by atoms with Crippen molar-refractivity contribution in [2.24, 2.45) is 0 Å². The standard InChI is InChI=1S/C16H21N3/c17-12-14-6-2-3-7-15(14)19-11-10-18-13-16(19)8-4-1-5-9-16/h2-3,6-7,18H,1,4-5,8-11,13H2. The lowest BCUT2D eigenvalue weighted by Crippen LogP contribution is -2.62. The molecule has 1 N–H and O–H groups in total. The van der Waals surface area contributed by atoms with Crippen LogP contribution in [0.5, 0.6) is 0 Å². The normalized spacial score (nSPS) is 22.2. The number of rotatable bonds is 1. The zero-order chi connectivity index (χ0) is 13.1. The van der Waals surface area contributed by atoms with Gasteiger partial charge in [0.2, 0.25) is 0 Å². The van der Waals surface area contributed by atoms with Gasteiger partial charge in [-0.05, 0) is 25.0 Å². The van der Waals surface area contributed by atoms with Crippen molar-refractivity contribution in [3.05, 3.63) is 29.8 Å². The molecule has 1 aromatic rings. The quantitative estimate of drug-likeness (QED) is 0.838. The molecule has 2 fully saturated rings. The highest BCUT2D eigenvalue weighted by atomic mass is 15.3. The first kappa shape index (κ1) is 12.5. The minimum absolute atomic E-state index is 0.240. The number of nitrogens with zero attached hydrogens (tertiary/aromatic N) is 2. The largest absolute Gasteiger partial charge is 0.362 e. The summed E-state index contributed by atoms with van der Waals surface area (Å²) in [5.74, 6) is 0. The predicted octanol–water partition coefficient (Wildman–Crippen LogP) is 2.67. The van der Waals surface area contributed by atoms with Crippen LogP contribution in [0, 0.1) is 11.3 Å². The Morgan fingerprint density at radius 2 is 1.95 bits per heavy atom. The van der Waals surface area contributed by atoms with Gasteiger partial charge < -0.3 is 10.2 Å². The maximum Gasteiger partial charge on any atom is 0.101 e. The Kier molecular flexibility index (Phi) is 3.44. The summed E-state index contributed by atoms with van der Waals surface area (Å²) in [7, 11) is 0. The smallest absolute Gasteiger partial charge is 0.101 e. The Balaban J connectivity index is 1.98. The lowest BCUT2D eigenvalue weighted by Gasteiger charge is -2.51. The van der Waals surface area contributed by atoms with Crippen LogP contribution in [0.4, 0.5) is 5.69 Å². The van der Waals surface area contributed by atoms with Crippen LogP contribution in [0.1, 0.15) is 37.7 Å². The van der Waals surface area contributed by atoms with Gasteiger partial charge in [0.1, 0.15) is 6.07 Å². The molecule has 0 atom stereocenters. The fraction of sp³-hybridized carbons (Fsp3) is 0.562. The van der Waals surface area contributed by atoms with E-state index in [-0.39, 0.29) is 5.54 Å². The molecule has 1 saturated heterocycles. The highest BCUT2D eigenvalue weighted by molar-refractivity contribution is 5.61. The van der Waals surface area contributed by atoms with Gasteiger partial charge in [0.05, 0.1) is 16.8 Å². The first-order chi connectivity index (χ1) is 9.36. The fourth-order valence-corrected chi connectivity index (χ4v) is 3.68. The number of anilines is 1. The van der Waals surface area contributed by atoms with Crippen LogP contribution in [0.2, 0.25) is 0 Å². The van der Waals surface area contributed by atoms with Crippen molar-refractivity contribution in [3.8, 4) is 6.07 Å². The molecule has 1 aliphatic heterocycles. The van der Waals surface area contributed by atoms with Crippen LogP contribution in [-0.4, -0.2) is 25.2 Å². The van der Waals surface area contributed by atoms with Gasteiger partial charge in [-0.1, -0.05) is 31.4 Å². The summed E-state index contributed by atoms with van der Waals surface area (Å²) in [4.78, 5) is 2.52. The van der Waals surface area contributed by atoms with Crippen molar-refractivity contribution in [2.75, 3.05) is 24.5 Å². The molecule has 100 valence electrons. The van der Waals surface area contributed by atoms with E-state index in [9.17, 15) is 5.26 Å². The second kappa shape index (κ2) is 5.22. The molecule has 3 heteroatoms. The third-order valence-corrected chi connectivity index (χ3v) is 4.64. The first-order valence-corrected chi connectivity index (χ1v) is 7.33. The van der Waals surface area contributed by atoms with Crippen molar-refractivity contribution in [2.45, 2.75) is 37.6 Å². The Hall–Kier alpha value is -1.53. The Morgan fingerprint density at radius 3 is 2.74 bits per heavy atom. The molecule has 1 heterocycles. The van der Waals surface area contributed by atoms with Gasteiger partial charge in [0, 0.05) is 19.6 Å². The van der Waals surface area contributed by atoms with Gasteiger partial charge in [0.25, 0.3) is 0 Å². The molecule has 2 aliphatic rings. The monoisotopic (exact) mass is 255 g/mol. The molecule has 3 rings (SSSR count). The third kappa shape index (κ3) is 2.21. The van der Waals surface area contributed by atoms with E-state index in [0.29, 0.717) is 0 Å². The van der Waals surface area contributed by atoms with Gasteiger partial charge >= 0.3 is 0 Å². The minimum atomic E-state index is 0.240. The maximum atomic E-state index is 9.34. The fourth-order valence-electron chi connectivity index (χ4n) is 3.68. The van der Waals surface area contributed by atoms with Crippen molar-refractivity contribution >= 4 is 5.69 Å². The summed E-state index contributed by atoms with van der Waals surface area (Å²) >= 11 is 0. The molecule has 3 nitrogen and oxygen atoms in total. The van der Waals surface area contributed by atoms with Gasteiger partial charge in [0.15, 0.2) is 0 Å². The van der Waals surface area contributed by atoms with E-state index >= 15 is 0 Å². The molecule has 1 spiro atoms. The van der Waals surface area contributed by atoms with Crippen LogP contribution in [0.3, 0.4) is 0 Å². The topological polar surface area (TPSA) is 39.1 Å². The van der Waals surface area contributed by atoms with Crippen LogP contribution >= 0.6 is 0 Å². The molecule has 0 aromatic heterocycles. The maximum absolute atomic E-state index is 9.34. The summed E-state index contributed by atoms with van der Waals surface area (Å²) < 4.78 is 0. The van der Waals surface area contributed by atoms with E-state index < -0.39 is 0 Å². The van der Waals surface area contributed by atoms with E-state index in [0.717, 1.165) is 30.9 Å². The van der Waals surface area contributed by atoms with Gasteiger partial charge in [-0.3, -0.25) is 0 Å². The van der Waals surface area contributed by atoms with Crippen molar-refractivity contribution in [1.29, 1.82) is 5.26 Å². The third-order valence-electron chi connectivity index (χ3n) is 4.64. The lowest BCUT2D eigenvalue weighted by molar-refractivity contribution is 0.241. The summed E-state index contributed by atoms with van der Waals surface area (Å²) in [6, 6.07) is 10.4.